The van der Waals surface area contributed by atoms with Crippen LogP contribution >= 0.6 is 45.3 Å². The molecule has 0 atom stereocenters. The van der Waals surface area contributed by atoms with E-state index in [1.54, 1.807) is 0 Å². The Bertz CT molecular complexity index is 1180. The van der Waals surface area contributed by atoms with Gasteiger partial charge in [-0.25, -0.2) is 0 Å². The van der Waals surface area contributed by atoms with Gasteiger partial charge >= 0.3 is 0 Å². The van der Waals surface area contributed by atoms with Crippen LogP contribution in [0.5, 0.6) is 0 Å². The van der Waals surface area contributed by atoms with E-state index in [4.69, 9.17) is 0 Å². The lowest BCUT2D eigenvalue weighted by atomic mass is 10.2. The minimum Gasteiger partial charge on any atom is -0.339 e. The molecule has 0 saturated carbocycles. The highest BCUT2D eigenvalue weighted by Crippen LogP contribution is 2.37. The number of hydrogen-bond acceptors (Lipinski definition) is 4. The van der Waals surface area contributed by atoms with Gasteiger partial charge in [-0.1, -0.05) is 12.8 Å². The van der Waals surface area contributed by atoms with Crippen molar-refractivity contribution >= 4 is 86.2 Å². The Kier molecular flexibility index (Phi) is 4.33. The molecule has 0 aromatic carbocycles. The quantitative estimate of drug-likeness (QED) is 0.220. The zero-order valence-corrected chi connectivity index (χ0v) is 18.7. The van der Waals surface area contributed by atoms with E-state index >= 15 is 0 Å². The van der Waals surface area contributed by atoms with Gasteiger partial charge < -0.3 is 9.13 Å². The molecule has 6 aromatic heterocycles. The lowest BCUT2D eigenvalue weighted by Crippen LogP contribution is -1.99. The summed E-state index contributed by atoms with van der Waals surface area (Å²) >= 11 is 7.52. The predicted octanol–water partition coefficient (Wildman–Crippen LogP) is 8.41. The molecule has 6 aromatic rings. The number of unbranched alkanes of at least 4 members (excludes halogenated alkanes) is 3. The Labute approximate surface area is 179 Å². The minimum atomic E-state index is 1.14. The molecule has 0 spiro atoms. The number of rotatable bonds is 7. The molecular weight excluding hydrogens is 421 g/mol. The highest BCUT2D eigenvalue weighted by molar-refractivity contribution is 7.26. The highest BCUT2D eigenvalue weighted by Gasteiger charge is 2.13. The highest BCUT2D eigenvalue weighted by atomic mass is 32.1. The van der Waals surface area contributed by atoms with Crippen LogP contribution in [0, 0.1) is 0 Å². The molecule has 0 aliphatic heterocycles. The molecular formula is C22H20N2S4. The Balaban J connectivity index is 1.10. The second-order valence-corrected chi connectivity index (χ2v) is 10.9. The lowest BCUT2D eigenvalue weighted by molar-refractivity contribution is 0.559. The van der Waals surface area contributed by atoms with Gasteiger partial charge in [-0.15, -0.1) is 45.3 Å². The van der Waals surface area contributed by atoms with Crippen molar-refractivity contribution in [2.24, 2.45) is 0 Å². The van der Waals surface area contributed by atoms with Crippen molar-refractivity contribution in [3.8, 4) is 0 Å². The maximum absolute atomic E-state index is 2.54. The Morgan fingerprint density at radius 1 is 0.464 bits per heavy atom. The normalized spacial score (nSPS) is 12.4. The summed E-state index contributed by atoms with van der Waals surface area (Å²) in [6.07, 6.45) is 5.13. The molecule has 0 saturated heterocycles. The maximum Gasteiger partial charge on any atom is 0.0700 e. The second-order valence-electron chi connectivity index (χ2n) is 7.26. The number of aryl methyl sites for hydroxylation is 2. The zero-order valence-electron chi connectivity index (χ0n) is 15.4. The fourth-order valence-corrected chi connectivity index (χ4v) is 8.33. The van der Waals surface area contributed by atoms with Crippen molar-refractivity contribution in [3.05, 3.63) is 45.8 Å². The summed E-state index contributed by atoms with van der Waals surface area (Å²) in [6.45, 7) is 2.28. The van der Waals surface area contributed by atoms with Crippen LogP contribution in [-0.2, 0) is 13.1 Å². The monoisotopic (exact) mass is 440 g/mol. The first kappa shape index (κ1) is 17.3. The van der Waals surface area contributed by atoms with Crippen molar-refractivity contribution < 1.29 is 0 Å². The van der Waals surface area contributed by atoms with Gasteiger partial charge in [0.1, 0.15) is 0 Å². The van der Waals surface area contributed by atoms with Crippen LogP contribution in [0.25, 0.3) is 40.9 Å². The maximum atomic E-state index is 2.54. The third-order valence-electron chi connectivity index (χ3n) is 5.67. The van der Waals surface area contributed by atoms with Crippen molar-refractivity contribution in [3.63, 3.8) is 0 Å². The fourth-order valence-electron chi connectivity index (χ4n) is 4.37. The van der Waals surface area contributed by atoms with Gasteiger partial charge in [-0.2, -0.15) is 0 Å². The van der Waals surface area contributed by atoms with E-state index in [-0.39, 0.29) is 0 Å². The predicted molar refractivity (Wildman–Crippen MR) is 129 cm³/mol. The standard InChI is InChI=1S/C22H20N2S4/c1(3-9-23-15-5-11-25-19(15)20-16(23)6-12-26-20)2-4-10-24-17-7-13-27-21(17)22-18(24)8-14-28-22/h5-8,11-14H,1-4,9-10H2. The number of hydrogen-bond donors (Lipinski definition) is 0. The minimum absolute atomic E-state index is 1.14. The molecule has 0 N–H and O–H groups in total. The van der Waals surface area contributed by atoms with Gasteiger partial charge in [0, 0.05) is 13.1 Å². The van der Waals surface area contributed by atoms with Crippen molar-refractivity contribution in [1.29, 1.82) is 0 Å². The fraction of sp³-hybridized carbons (Fsp3) is 0.273. The van der Waals surface area contributed by atoms with Gasteiger partial charge in [-0.05, 0) is 58.6 Å². The third kappa shape index (κ3) is 2.62. The second kappa shape index (κ2) is 7.02. The third-order valence-corrected chi connectivity index (χ3v) is 9.61. The number of nitrogens with zero attached hydrogens (tertiary/aromatic N) is 2. The summed E-state index contributed by atoms with van der Waals surface area (Å²) in [4.78, 5) is 0. The first-order valence-corrected chi connectivity index (χ1v) is 13.3. The molecule has 6 heteroatoms. The van der Waals surface area contributed by atoms with Crippen LogP contribution < -0.4 is 0 Å². The molecule has 0 aliphatic carbocycles. The molecule has 142 valence electrons. The van der Waals surface area contributed by atoms with E-state index in [1.165, 1.54) is 66.5 Å². The lowest BCUT2D eigenvalue weighted by Gasteiger charge is -2.08. The Morgan fingerprint density at radius 3 is 1.11 bits per heavy atom. The van der Waals surface area contributed by atoms with Crippen LogP contribution in [0.4, 0.5) is 0 Å². The molecule has 0 bridgehead atoms. The first-order valence-electron chi connectivity index (χ1n) is 9.77. The van der Waals surface area contributed by atoms with E-state index in [0.717, 1.165) is 13.1 Å². The molecule has 6 heterocycles. The van der Waals surface area contributed by atoms with Crippen LogP contribution in [-0.4, -0.2) is 9.13 Å². The molecule has 0 unspecified atom stereocenters. The molecule has 0 radical (unpaired) electrons. The molecule has 0 aliphatic rings. The number of fused-ring (bicyclic) bond motifs is 6. The largest absolute Gasteiger partial charge is 0.339 e. The van der Waals surface area contributed by atoms with E-state index in [2.05, 4.69) is 54.9 Å². The van der Waals surface area contributed by atoms with Crippen LogP contribution in [0.1, 0.15) is 25.7 Å². The average molecular weight is 441 g/mol. The van der Waals surface area contributed by atoms with Crippen LogP contribution in [0.15, 0.2) is 45.8 Å². The molecule has 28 heavy (non-hydrogen) atoms. The summed E-state index contributed by atoms with van der Waals surface area (Å²) in [5.74, 6) is 0. The summed E-state index contributed by atoms with van der Waals surface area (Å²) in [6, 6.07) is 9.15. The van der Waals surface area contributed by atoms with Crippen LogP contribution in [0.2, 0.25) is 0 Å². The van der Waals surface area contributed by atoms with E-state index in [1.807, 2.05) is 45.3 Å². The van der Waals surface area contributed by atoms with Gasteiger partial charge in [0.25, 0.3) is 0 Å². The topological polar surface area (TPSA) is 9.86 Å². The summed E-state index contributed by atoms with van der Waals surface area (Å²) in [7, 11) is 0. The first-order chi connectivity index (χ1) is 13.9. The van der Waals surface area contributed by atoms with Crippen molar-refractivity contribution in [2.75, 3.05) is 0 Å². The van der Waals surface area contributed by atoms with Crippen molar-refractivity contribution in [1.82, 2.24) is 9.13 Å². The zero-order chi connectivity index (χ0) is 18.5. The summed E-state index contributed by atoms with van der Waals surface area (Å²) in [5.41, 5.74) is 5.72. The molecule has 6 rings (SSSR count). The van der Waals surface area contributed by atoms with E-state index in [0.29, 0.717) is 0 Å². The van der Waals surface area contributed by atoms with Crippen LogP contribution in [0.3, 0.4) is 0 Å². The van der Waals surface area contributed by atoms with Gasteiger partial charge in [-0.3, -0.25) is 0 Å². The van der Waals surface area contributed by atoms with E-state index < -0.39 is 0 Å². The van der Waals surface area contributed by atoms with E-state index in [9.17, 15) is 0 Å². The summed E-state index contributed by atoms with van der Waals surface area (Å²) in [5, 5.41) is 8.92. The smallest absolute Gasteiger partial charge is 0.0700 e. The number of aromatic nitrogens is 2. The molecule has 0 amide bonds. The Hall–Kier alpha value is -1.60. The average Bonchev–Trinajstić information content (AvgIpc) is 3.48. The van der Waals surface area contributed by atoms with Gasteiger partial charge in [0.2, 0.25) is 0 Å². The molecule has 0 fully saturated rings. The SMILES string of the molecule is c1cc2c(s1)c1sccc1n2CCCCCCn1c2ccsc2c2sccc21. The van der Waals surface area contributed by atoms with Gasteiger partial charge in [0.15, 0.2) is 0 Å². The van der Waals surface area contributed by atoms with Crippen molar-refractivity contribution in [2.45, 2.75) is 38.8 Å². The summed E-state index contributed by atoms with van der Waals surface area (Å²) < 4.78 is 10.9. The number of thiophene rings is 4. The Morgan fingerprint density at radius 2 is 0.786 bits per heavy atom. The van der Waals surface area contributed by atoms with Gasteiger partial charge in [0.05, 0.1) is 40.9 Å². The molecule has 2 nitrogen and oxygen atoms in total.